The fourth-order valence-corrected chi connectivity index (χ4v) is 1.91. The Kier molecular flexibility index (Phi) is 18.6. The summed E-state index contributed by atoms with van der Waals surface area (Å²) in [5, 5.41) is 10.1. The first-order valence-corrected chi connectivity index (χ1v) is 9.14. The zero-order valence-electron chi connectivity index (χ0n) is 15.5. The van der Waals surface area contributed by atoms with Gasteiger partial charge in [0.2, 0.25) is 6.54 Å². The lowest BCUT2D eigenvalue weighted by Gasteiger charge is -1.87. The van der Waals surface area contributed by atoms with E-state index in [2.05, 4.69) is 54.7 Å². The lowest BCUT2D eigenvalue weighted by Crippen LogP contribution is -1.97. The van der Waals surface area contributed by atoms with Crippen LogP contribution in [0, 0.1) is 10.1 Å². The predicted octanol–water partition coefficient (Wildman–Crippen LogP) is 5.83. The van der Waals surface area contributed by atoms with Crippen LogP contribution in [0.4, 0.5) is 0 Å². The van der Waals surface area contributed by atoms with Gasteiger partial charge in [-0.15, -0.1) is 0 Å². The van der Waals surface area contributed by atoms with Gasteiger partial charge in [0.05, 0.1) is 0 Å². The number of hydrogen-bond donors (Lipinski definition) is 0. The smallest absolute Gasteiger partial charge is 0.207 e. The molecule has 0 atom stereocenters. The molecule has 0 saturated heterocycles. The van der Waals surface area contributed by atoms with Gasteiger partial charge in [0.15, 0.2) is 6.29 Å². The van der Waals surface area contributed by atoms with Crippen LogP contribution < -0.4 is 0 Å². The number of unbranched alkanes of at least 4 members (excludes halogenated alkanes) is 1. The average molecular weight is 356 g/mol. The third kappa shape index (κ3) is 21.5. The Morgan fingerprint density at radius 3 is 1.31 bits per heavy atom. The van der Waals surface area contributed by atoms with Crippen LogP contribution in [0.1, 0.15) is 51.4 Å². The molecule has 0 aliphatic carbocycles. The van der Waals surface area contributed by atoms with Crippen LogP contribution >= 0.6 is 0 Å². The zero-order chi connectivity index (χ0) is 19.1. The van der Waals surface area contributed by atoms with Crippen molar-refractivity contribution in [3.05, 3.63) is 83.0 Å². The number of hydrogen-bond acceptors (Lipinski definition) is 3. The fourth-order valence-electron chi connectivity index (χ4n) is 1.91. The summed E-state index contributed by atoms with van der Waals surface area (Å²) in [5.74, 6) is 0. The van der Waals surface area contributed by atoms with Crippen molar-refractivity contribution >= 4 is 6.29 Å². The van der Waals surface area contributed by atoms with Crippen molar-refractivity contribution in [2.45, 2.75) is 51.4 Å². The second kappa shape index (κ2) is 20.6. The highest BCUT2D eigenvalue weighted by Gasteiger charge is 1.89. The Bertz CT molecular complexity index is 526. The Balaban J connectivity index is 3.52. The standard InChI is InChI=1S/C22H30NO3/c24-22-20-18-16-14-12-10-8-6-4-2-1-3-5-7-9-11-13-15-17-19-21-23(25)26/h2-5,8-11,14-17H,1,6-7,12-13,18-21H2. The highest BCUT2D eigenvalue weighted by molar-refractivity contribution is 5.50. The highest BCUT2D eigenvalue weighted by atomic mass is 16.6. The predicted molar refractivity (Wildman–Crippen MR) is 109 cm³/mol. The lowest BCUT2D eigenvalue weighted by atomic mass is 10.2. The molecule has 141 valence electrons. The van der Waals surface area contributed by atoms with E-state index in [0.717, 1.165) is 38.5 Å². The Labute approximate surface area is 157 Å². The van der Waals surface area contributed by atoms with Crippen molar-refractivity contribution < 1.29 is 9.72 Å². The molecule has 0 aromatic heterocycles. The molecule has 4 heteroatoms. The quantitative estimate of drug-likeness (QED) is 0.151. The van der Waals surface area contributed by atoms with E-state index in [1.807, 2.05) is 24.5 Å². The average Bonchev–Trinajstić information content (AvgIpc) is 2.62. The van der Waals surface area contributed by atoms with E-state index in [9.17, 15) is 14.9 Å². The maximum absolute atomic E-state index is 10.1. The summed E-state index contributed by atoms with van der Waals surface area (Å²) in [5.41, 5.74) is 0. The van der Waals surface area contributed by atoms with Crippen LogP contribution in [0.2, 0.25) is 0 Å². The second-order valence-electron chi connectivity index (χ2n) is 5.53. The second-order valence-corrected chi connectivity index (χ2v) is 5.53. The molecule has 0 bridgehead atoms. The SMILES string of the molecule is O=[C]CCC=CCC=CCC=CCC=CCC=CCC=CCC[N+](=O)[O-]. The molecule has 0 rings (SSSR count). The van der Waals surface area contributed by atoms with Gasteiger partial charge in [0.1, 0.15) is 0 Å². The zero-order valence-corrected chi connectivity index (χ0v) is 15.5. The number of rotatable bonds is 16. The van der Waals surface area contributed by atoms with Gasteiger partial charge in [0, 0.05) is 17.8 Å². The molecule has 0 fully saturated rings. The molecule has 0 aliphatic rings. The van der Waals surface area contributed by atoms with Crippen LogP contribution in [0.3, 0.4) is 0 Å². The highest BCUT2D eigenvalue weighted by Crippen LogP contribution is 1.97. The van der Waals surface area contributed by atoms with Gasteiger partial charge in [-0.05, 0) is 38.5 Å². The summed E-state index contributed by atoms with van der Waals surface area (Å²) < 4.78 is 0. The summed E-state index contributed by atoms with van der Waals surface area (Å²) in [6.07, 6.45) is 33.0. The molecule has 0 N–H and O–H groups in total. The normalized spacial score (nSPS) is 12.8. The van der Waals surface area contributed by atoms with Crippen LogP contribution in [-0.2, 0) is 4.79 Å². The summed E-state index contributed by atoms with van der Waals surface area (Å²) in [7, 11) is 0. The molecule has 0 aromatic carbocycles. The van der Waals surface area contributed by atoms with Gasteiger partial charge in [-0.3, -0.25) is 14.9 Å². The molecule has 0 aromatic rings. The van der Waals surface area contributed by atoms with Gasteiger partial charge in [0.25, 0.3) is 0 Å². The van der Waals surface area contributed by atoms with E-state index in [1.54, 1.807) is 0 Å². The van der Waals surface area contributed by atoms with Gasteiger partial charge in [-0.25, -0.2) is 0 Å². The molecular formula is C22H30NO3. The first-order chi connectivity index (χ1) is 12.8. The third-order valence-electron chi connectivity index (χ3n) is 3.25. The van der Waals surface area contributed by atoms with E-state index in [0.29, 0.717) is 12.8 Å². The minimum atomic E-state index is -0.300. The molecule has 0 spiro atoms. The van der Waals surface area contributed by atoms with Crippen LogP contribution in [-0.4, -0.2) is 17.8 Å². The van der Waals surface area contributed by atoms with Crippen LogP contribution in [0.15, 0.2) is 72.9 Å². The molecular weight excluding hydrogens is 326 g/mol. The number of allylic oxidation sites excluding steroid dienone is 11. The first-order valence-electron chi connectivity index (χ1n) is 9.14. The Morgan fingerprint density at radius 1 is 0.615 bits per heavy atom. The molecule has 0 amide bonds. The van der Waals surface area contributed by atoms with Crippen LogP contribution in [0.5, 0.6) is 0 Å². The van der Waals surface area contributed by atoms with Gasteiger partial charge in [-0.1, -0.05) is 72.9 Å². The molecule has 0 aliphatic heterocycles. The third-order valence-corrected chi connectivity index (χ3v) is 3.25. The Morgan fingerprint density at radius 2 is 0.962 bits per heavy atom. The molecule has 1 radical (unpaired) electrons. The lowest BCUT2D eigenvalue weighted by molar-refractivity contribution is -0.478. The maximum atomic E-state index is 10.1. The first kappa shape index (κ1) is 23.5. The monoisotopic (exact) mass is 356 g/mol. The van der Waals surface area contributed by atoms with Gasteiger partial charge < -0.3 is 0 Å². The molecule has 4 nitrogen and oxygen atoms in total. The summed E-state index contributed by atoms with van der Waals surface area (Å²) in [6, 6.07) is 0. The van der Waals surface area contributed by atoms with Crippen molar-refractivity contribution in [3.63, 3.8) is 0 Å². The van der Waals surface area contributed by atoms with E-state index in [4.69, 9.17) is 0 Å². The topological polar surface area (TPSA) is 60.2 Å². The summed E-state index contributed by atoms with van der Waals surface area (Å²) in [6.45, 7) is 0.00471. The minimum absolute atomic E-state index is 0.00471. The van der Waals surface area contributed by atoms with E-state index in [-0.39, 0.29) is 11.5 Å². The molecule has 0 unspecified atom stereocenters. The fraction of sp³-hybridized carbons (Fsp3) is 0.409. The summed E-state index contributed by atoms with van der Waals surface area (Å²) >= 11 is 0. The van der Waals surface area contributed by atoms with Gasteiger partial charge >= 0.3 is 0 Å². The van der Waals surface area contributed by atoms with E-state index < -0.39 is 0 Å². The molecule has 0 heterocycles. The Hall–Kier alpha value is -2.49. The van der Waals surface area contributed by atoms with Gasteiger partial charge in [-0.2, -0.15) is 0 Å². The molecule has 0 saturated carbocycles. The van der Waals surface area contributed by atoms with Crippen molar-refractivity contribution in [2.75, 3.05) is 6.54 Å². The largest absolute Gasteiger partial charge is 0.291 e. The maximum Gasteiger partial charge on any atom is 0.207 e. The number of nitrogens with zero attached hydrogens (tertiary/aromatic N) is 1. The molecule has 26 heavy (non-hydrogen) atoms. The number of carbonyl (C=O) groups excluding carboxylic acids is 1. The number of nitro groups is 1. The van der Waals surface area contributed by atoms with E-state index in [1.165, 1.54) is 0 Å². The summed E-state index contributed by atoms with van der Waals surface area (Å²) in [4.78, 5) is 19.8. The van der Waals surface area contributed by atoms with Crippen molar-refractivity contribution in [3.8, 4) is 0 Å². The minimum Gasteiger partial charge on any atom is -0.291 e. The van der Waals surface area contributed by atoms with Crippen molar-refractivity contribution in [1.29, 1.82) is 0 Å². The van der Waals surface area contributed by atoms with Crippen LogP contribution in [0.25, 0.3) is 0 Å². The van der Waals surface area contributed by atoms with Crippen molar-refractivity contribution in [2.24, 2.45) is 0 Å². The van der Waals surface area contributed by atoms with E-state index >= 15 is 0 Å². The van der Waals surface area contributed by atoms with Crippen molar-refractivity contribution in [1.82, 2.24) is 0 Å².